The zero-order valence-electron chi connectivity index (χ0n) is 29.6. The van der Waals surface area contributed by atoms with Gasteiger partial charge in [-0.15, -0.1) is 0 Å². The van der Waals surface area contributed by atoms with Gasteiger partial charge in [0.1, 0.15) is 6.04 Å². The number of amides is 4. The van der Waals surface area contributed by atoms with Crippen molar-refractivity contribution < 1.29 is 39.0 Å². The minimum absolute atomic E-state index is 0.0178. The van der Waals surface area contributed by atoms with Crippen molar-refractivity contribution in [2.75, 3.05) is 18.4 Å². The highest BCUT2D eigenvalue weighted by Crippen LogP contribution is 2.14. The molecule has 0 saturated heterocycles. The molecule has 0 radical (unpaired) electrons. The lowest BCUT2D eigenvalue weighted by atomic mass is 10.0. The molecule has 3 aromatic carbocycles. The van der Waals surface area contributed by atoms with Gasteiger partial charge in [-0.3, -0.25) is 24.0 Å². The molecule has 4 aromatic rings. The lowest BCUT2D eigenvalue weighted by Crippen LogP contribution is -2.52. The number of carboxylic acids is 2. The van der Waals surface area contributed by atoms with E-state index in [0.717, 1.165) is 5.56 Å². The highest BCUT2D eigenvalue weighted by atomic mass is 16.4. The second-order valence-electron chi connectivity index (χ2n) is 11.7. The zero-order valence-corrected chi connectivity index (χ0v) is 29.6. The largest absolute Gasteiger partial charge is 0.481 e. The van der Waals surface area contributed by atoms with Crippen LogP contribution in [0.15, 0.2) is 90.6 Å². The Morgan fingerprint density at radius 1 is 0.846 bits per heavy atom. The van der Waals surface area contributed by atoms with Crippen LogP contribution in [0.3, 0.4) is 0 Å². The number of hydrogen-bond acceptors (Lipinski definition) is 7. The molecule has 0 spiro atoms. The monoisotopic (exact) mass is 714 g/mol. The first-order valence-corrected chi connectivity index (χ1v) is 16.4. The number of H-pyrrole nitrogens is 1. The van der Waals surface area contributed by atoms with Crippen molar-refractivity contribution in [1.82, 2.24) is 20.9 Å². The van der Waals surface area contributed by atoms with E-state index in [4.69, 9.17) is 15.9 Å². The number of anilines is 1. The molecule has 9 N–H and O–H groups in total. The average Bonchev–Trinajstić information content (AvgIpc) is 3.50. The Labute approximate surface area is 301 Å². The molecule has 0 fully saturated rings. The summed E-state index contributed by atoms with van der Waals surface area (Å²) in [4.78, 5) is 73.2. The zero-order chi connectivity index (χ0) is 38.6. The fourth-order valence-corrected chi connectivity index (χ4v) is 4.48. The Kier molecular flexibility index (Phi) is 17.5. The SMILES string of the molecule is CC(C)C(NC(=O)CN)C(=O)NCC(=O)N/C(=C/c1ccccc1)CC(=O)Nc1cccc(C(=O)O)c1.CCC(=O)O.Cc1cc2ccccc2[nH]1. The van der Waals surface area contributed by atoms with Crippen molar-refractivity contribution in [3.05, 3.63) is 107 Å². The summed E-state index contributed by atoms with van der Waals surface area (Å²) in [7, 11) is 0. The number of aryl methyl sites for hydroxylation is 1. The number of aromatic carboxylic acids is 1. The number of fused-ring (bicyclic) bond motifs is 1. The number of nitrogens with one attached hydrogen (secondary N) is 5. The first kappa shape index (κ1) is 41.9. The van der Waals surface area contributed by atoms with Gasteiger partial charge in [0.25, 0.3) is 0 Å². The molecule has 1 heterocycles. The topological polar surface area (TPSA) is 233 Å². The summed E-state index contributed by atoms with van der Waals surface area (Å²) in [5.74, 6) is -4.22. The third-order valence-electron chi connectivity index (χ3n) is 7.03. The van der Waals surface area contributed by atoms with Gasteiger partial charge in [0.05, 0.1) is 25.1 Å². The fourth-order valence-electron chi connectivity index (χ4n) is 4.48. The number of aromatic nitrogens is 1. The number of carbonyl (C=O) groups excluding carboxylic acids is 4. The number of benzene rings is 3. The summed E-state index contributed by atoms with van der Waals surface area (Å²) < 4.78 is 0. The van der Waals surface area contributed by atoms with Crippen LogP contribution in [-0.4, -0.2) is 69.9 Å². The molecule has 1 atom stereocenters. The number of rotatable bonds is 13. The maximum atomic E-state index is 12.7. The van der Waals surface area contributed by atoms with Gasteiger partial charge in [-0.25, -0.2) is 4.79 Å². The predicted molar refractivity (Wildman–Crippen MR) is 199 cm³/mol. The van der Waals surface area contributed by atoms with Crippen LogP contribution in [0.25, 0.3) is 17.0 Å². The second-order valence-corrected chi connectivity index (χ2v) is 11.7. The molecule has 276 valence electrons. The summed E-state index contributed by atoms with van der Waals surface area (Å²) in [6.07, 6.45) is 1.61. The van der Waals surface area contributed by atoms with E-state index in [0.29, 0.717) is 5.69 Å². The molecule has 14 heteroatoms. The quantitative estimate of drug-likeness (QED) is 0.0997. The molecule has 0 aliphatic rings. The number of aromatic amines is 1. The minimum atomic E-state index is -1.13. The van der Waals surface area contributed by atoms with Crippen LogP contribution in [0, 0.1) is 12.8 Å². The van der Waals surface area contributed by atoms with E-state index in [1.165, 1.54) is 34.8 Å². The molecule has 0 bridgehead atoms. The van der Waals surface area contributed by atoms with Crippen molar-refractivity contribution in [1.29, 1.82) is 0 Å². The Morgan fingerprint density at radius 2 is 1.50 bits per heavy atom. The van der Waals surface area contributed by atoms with E-state index in [1.54, 1.807) is 57.2 Å². The van der Waals surface area contributed by atoms with Crippen LogP contribution in [0.5, 0.6) is 0 Å². The number of hydrogen-bond donors (Lipinski definition) is 8. The van der Waals surface area contributed by atoms with E-state index >= 15 is 0 Å². The van der Waals surface area contributed by atoms with Crippen molar-refractivity contribution in [2.45, 2.75) is 46.6 Å². The van der Waals surface area contributed by atoms with Gasteiger partial charge in [-0.1, -0.05) is 75.4 Å². The molecule has 0 aliphatic heterocycles. The smallest absolute Gasteiger partial charge is 0.335 e. The standard InChI is InChI=1S/C26H31N5O6.C9H9N.C3H6O2/c1-16(2)24(31-22(33)14-27)25(35)28-15-23(34)30-20(11-17-7-4-3-5-8-17)13-21(32)29-19-10-6-9-18(12-19)26(36)37;1-7-6-8-4-2-3-5-9(8)10-7;1-2-3(4)5/h3-12,16,24H,13-15,27H2,1-2H3,(H,28,35)(H,29,32)(H,30,34)(H,31,33)(H,36,37);2-6,10H,1H3;2H2,1H3,(H,4,5)/b20-11+;;. The highest BCUT2D eigenvalue weighted by Gasteiger charge is 2.24. The van der Waals surface area contributed by atoms with Crippen molar-refractivity contribution >= 4 is 58.2 Å². The molecular weight excluding hydrogens is 668 g/mol. The number of carboxylic acid groups (broad SMARTS) is 2. The minimum Gasteiger partial charge on any atom is -0.481 e. The van der Waals surface area contributed by atoms with E-state index in [2.05, 4.69) is 57.4 Å². The number of nitrogens with two attached hydrogens (primary N) is 1. The van der Waals surface area contributed by atoms with Crippen LogP contribution in [0.2, 0.25) is 0 Å². The Hall–Kier alpha value is -6.28. The van der Waals surface area contributed by atoms with E-state index in [1.807, 2.05) is 12.1 Å². The van der Waals surface area contributed by atoms with Gasteiger partial charge in [0, 0.05) is 29.0 Å². The molecule has 0 saturated carbocycles. The molecule has 0 aliphatic carbocycles. The van der Waals surface area contributed by atoms with Crippen LogP contribution < -0.4 is 27.0 Å². The maximum absolute atomic E-state index is 12.7. The van der Waals surface area contributed by atoms with Crippen LogP contribution in [-0.2, 0) is 24.0 Å². The van der Waals surface area contributed by atoms with Gasteiger partial charge in [-0.05, 0) is 60.2 Å². The molecule has 4 rings (SSSR count). The lowest BCUT2D eigenvalue weighted by molar-refractivity contribution is -0.136. The highest BCUT2D eigenvalue weighted by molar-refractivity contribution is 5.96. The number of aliphatic carboxylic acids is 1. The third-order valence-corrected chi connectivity index (χ3v) is 7.03. The summed E-state index contributed by atoms with van der Waals surface area (Å²) in [5, 5.41) is 28.4. The summed E-state index contributed by atoms with van der Waals surface area (Å²) >= 11 is 0. The Morgan fingerprint density at radius 3 is 2.10 bits per heavy atom. The van der Waals surface area contributed by atoms with Gasteiger partial charge in [0.15, 0.2) is 0 Å². The first-order chi connectivity index (χ1) is 24.7. The van der Waals surface area contributed by atoms with Crippen LogP contribution in [0.4, 0.5) is 5.69 Å². The fraction of sp³-hybridized carbons (Fsp3) is 0.263. The first-order valence-electron chi connectivity index (χ1n) is 16.4. The van der Waals surface area contributed by atoms with Crippen LogP contribution in [0.1, 0.15) is 55.2 Å². The van der Waals surface area contributed by atoms with Crippen molar-refractivity contribution in [3.63, 3.8) is 0 Å². The molecule has 14 nitrogen and oxygen atoms in total. The van der Waals surface area contributed by atoms with Crippen molar-refractivity contribution in [3.8, 4) is 0 Å². The van der Waals surface area contributed by atoms with E-state index in [-0.39, 0.29) is 36.6 Å². The summed E-state index contributed by atoms with van der Waals surface area (Å²) in [6, 6.07) is 24.3. The van der Waals surface area contributed by atoms with Gasteiger partial charge in [0.2, 0.25) is 23.6 Å². The van der Waals surface area contributed by atoms with Crippen LogP contribution >= 0.6 is 0 Å². The van der Waals surface area contributed by atoms with E-state index < -0.39 is 48.2 Å². The Bertz CT molecular complexity index is 1820. The van der Waals surface area contributed by atoms with E-state index in [9.17, 15) is 28.8 Å². The maximum Gasteiger partial charge on any atom is 0.335 e. The van der Waals surface area contributed by atoms with Crippen molar-refractivity contribution in [2.24, 2.45) is 11.7 Å². The van der Waals surface area contributed by atoms with Gasteiger partial charge >= 0.3 is 11.9 Å². The molecule has 1 unspecified atom stereocenters. The average molecular weight is 715 g/mol. The normalized spacial score (nSPS) is 11.2. The van der Waals surface area contributed by atoms with Gasteiger partial charge < -0.3 is 42.2 Å². The summed E-state index contributed by atoms with van der Waals surface area (Å²) in [6.45, 7) is 6.49. The third kappa shape index (κ3) is 15.5. The Balaban J connectivity index is 0.000000509. The number of para-hydroxylation sites is 1. The predicted octanol–water partition coefficient (Wildman–Crippen LogP) is 4.04. The molecule has 4 amide bonds. The summed E-state index contributed by atoms with van der Waals surface area (Å²) in [5.41, 5.74) is 9.04. The lowest BCUT2D eigenvalue weighted by Gasteiger charge is -2.21. The molecule has 52 heavy (non-hydrogen) atoms. The molecule has 1 aromatic heterocycles. The number of carbonyl (C=O) groups is 6. The van der Waals surface area contributed by atoms with Gasteiger partial charge in [-0.2, -0.15) is 0 Å². The second kappa shape index (κ2) is 21.7. The molecular formula is C38H46N6O8.